The van der Waals surface area contributed by atoms with Crippen molar-refractivity contribution in [3.05, 3.63) is 47.9 Å². The smallest absolute Gasteiger partial charge is 0.249 e. The van der Waals surface area contributed by atoms with Crippen LogP contribution in [0, 0.1) is 6.92 Å². The van der Waals surface area contributed by atoms with Crippen LogP contribution in [-0.2, 0) is 16.1 Å². The Morgan fingerprint density at radius 2 is 2.10 bits per heavy atom. The van der Waals surface area contributed by atoms with Gasteiger partial charge in [0.1, 0.15) is 24.7 Å². The maximum absolute atomic E-state index is 11.5. The Balaban J connectivity index is 1.58. The Morgan fingerprint density at radius 3 is 2.80 bits per heavy atom. The first-order valence-electron chi connectivity index (χ1n) is 6.25. The number of ether oxygens (including phenoxy) is 1. The monoisotopic (exact) mass is 276 g/mol. The van der Waals surface area contributed by atoms with Crippen LogP contribution in [0.15, 0.2) is 40.9 Å². The van der Waals surface area contributed by atoms with Crippen molar-refractivity contribution in [2.75, 3.05) is 13.2 Å². The van der Waals surface area contributed by atoms with Gasteiger partial charge in [0.2, 0.25) is 5.91 Å². The zero-order valence-corrected chi connectivity index (χ0v) is 11.2. The second-order valence-corrected chi connectivity index (χ2v) is 4.14. The van der Waals surface area contributed by atoms with Crippen molar-refractivity contribution in [1.82, 2.24) is 10.6 Å². The molecule has 0 radical (unpaired) electrons. The highest BCUT2D eigenvalue weighted by atomic mass is 16.7. The molecule has 1 heterocycles. The number of nitrogens with zero attached hydrogens (tertiary/aromatic N) is 1. The summed E-state index contributed by atoms with van der Waals surface area (Å²) >= 11 is 0. The third kappa shape index (κ3) is 4.74. The van der Waals surface area contributed by atoms with Crippen molar-refractivity contribution in [2.45, 2.75) is 13.3 Å². The quantitative estimate of drug-likeness (QED) is 0.615. The fourth-order valence-corrected chi connectivity index (χ4v) is 1.55. The minimum atomic E-state index is -0.280. The Bertz CT molecular complexity index is 539. The van der Waals surface area contributed by atoms with Crippen molar-refractivity contribution >= 4 is 5.91 Å². The highest BCUT2D eigenvalue weighted by Crippen LogP contribution is 2.07. The Morgan fingerprint density at radius 1 is 1.30 bits per heavy atom. The summed E-state index contributed by atoms with van der Waals surface area (Å²) in [7, 11) is 0. The van der Waals surface area contributed by atoms with Gasteiger partial charge >= 0.3 is 0 Å². The maximum atomic E-state index is 11.5. The number of carbonyl (C=O) groups excluding carboxylic acids is 1. The minimum Gasteiger partial charge on any atom is -0.491 e. The molecule has 1 aromatic carbocycles. The number of hydrogen-bond donors (Lipinski definition) is 1. The molecule has 0 fully saturated rings. The van der Waals surface area contributed by atoms with Gasteiger partial charge in [-0.25, -0.2) is 5.48 Å². The van der Waals surface area contributed by atoms with Crippen LogP contribution in [0.4, 0.5) is 0 Å². The van der Waals surface area contributed by atoms with Crippen molar-refractivity contribution in [3.8, 4) is 5.75 Å². The molecule has 2 rings (SSSR count). The van der Waals surface area contributed by atoms with E-state index in [1.165, 1.54) is 0 Å². The number of hydrogen-bond acceptors (Lipinski definition) is 5. The molecule has 1 N–H and O–H groups in total. The molecule has 0 unspecified atom stereocenters. The molecule has 1 aromatic heterocycles. The normalized spacial score (nSPS) is 10.2. The van der Waals surface area contributed by atoms with Gasteiger partial charge in [-0.1, -0.05) is 23.4 Å². The summed E-state index contributed by atoms with van der Waals surface area (Å²) in [6.07, 6.45) is 0.122. The van der Waals surface area contributed by atoms with E-state index in [4.69, 9.17) is 14.1 Å². The van der Waals surface area contributed by atoms with Crippen molar-refractivity contribution in [1.29, 1.82) is 0 Å². The average molecular weight is 276 g/mol. The number of para-hydroxylation sites is 1. The number of nitrogens with one attached hydrogen (secondary N) is 1. The zero-order valence-electron chi connectivity index (χ0n) is 11.2. The van der Waals surface area contributed by atoms with Gasteiger partial charge < -0.3 is 9.26 Å². The average Bonchev–Trinajstić information content (AvgIpc) is 2.85. The van der Waals surface area contributed by atoms with Crippen LogP contribution in [-0.4, -0.2) is 24.3 Å². The summed E-state index contributed by atoms with van der Waals surface area (Å²) in [5, 5.41) is 3.72. The predicted molar refractivity (Wildman–Crippen MR) is 71.0 cm³/mol. The number of aryl methyl sites for hydroxylation is 1. The number of rotatable bonds is 7. The molecule has 2 aromatic rings. The lowest BCUT2D eigenvalue weighted by Gasteiger charge is -2.07. The van der Waals surface area contributed by atoms with E-state index >= 15 is 0 Å². The lowest BCUT2D eigenvalue weighted by Crippen LogP contribution is -2.27. The van der Waals surface area contributed by atoms with Gasteiger partial charge in [-0.15, -0.1) is 0 Å². The molecule has 0 saturated carbocycles. The largest absolute Gasteiger partial charge is 0.491 e. The maximum Gasteiger partial charge on any atom is 0.249 e. The second-order valence-electron chi connectivity index (χ2n) is 4.14. The van der Waals surface area contributed by atoms with Gasteiger partial charge in [-0.2, -0.15) is 0 Å². The number of amides is 1. The van der Waals surface area contributed by atoms with E-state index in [1.807, 2.05) is 30.3 Å². The third-order valence-corrected chi connectivity index (χ3v) is 2.40. The first kappa shape index (κ1) is 14.1. The summed E-state index contributed by atoms with van der Waals surface area (Å²) in [5.41, 5.74) is 2.90. The van der Waals surface area contributed by atoms with Crippen molar-refractivity contribution in [2.24, 2.45) is 0 Å². The van der Waals surface area contributed by atoms with Gasteiger partial charge in [0, 0.05) is 6.07 Å². The topological polar surface area (TPSA) is 73.6 Å². The lowest BCUT2D eigenvalue weighted by atomic mass is 10.3. The number of aromatic nitrogens is 1. The fraction of sp³-hybridized carbons (Fsp3) is 0.286. The van der Waals surface area contributed by atoms with Crippen LogP contribution >= 0.6 is 0 Å². The van der Waals surface area contributed by atoms with Crippen LogP contribution in [0.25, 0.3) is 0 Å². The standard InChI is InChI=1S/C14H16N2O4/c1-11-9-12(15-20-11)10-14(17)16-19-8-7-18-13-5-3-2-4-6-13/h2-6,9H,7-8,10H2,1H3,(H,16,17). The van der Waals surface area contributed by atoms with E-state index in [0.717, 1.165) is 5.75 Å². The first-order chi connectivity index (χ1) is 9.74. The highest BCUT2D eigenvalue weighted by Gasteiger charge is 2.07. The molecule has 1 amide bonds. The van der Waals surface area contributed by atoms with E-state index in [9.17, 15) is 4.79 Å². The van der Waals surface area contributed by atoms with Crippen LogP contribution in [0.3, 0.4) is 0 Å². The zero-order chi connectivity index (χ0) is 14.2. The summed E-state index contributed by atoms with van der Waals surface area (Å²) < 4.78 is 10.3. The summed E-state index contributed by atoms with van der Waals surface area (Å²) in [5.74, 6) is 1.16. The Hall–Kier alpha value is -2.34. The summed E-state index contributed by atoms with van der Waals surface area (Å²) in [6, 6.07) is 11.1. The first-order valence-corrected chi connectivity index (χ1v) is 6.25. The van der Waals surface area contributed by atoms with E-state index in [1.54, 1.807) is 13.0 Å². The Labute approximate surface area is 116 Å². The molecule has 0 aliphatic carbocycles. The lowest BCUT2D eigenvalue weighted by molar-refractivity contribution is -0.133. The molecule has 0 bridgehead atoms. The molecular formula is C14H16N2O4. The molecule has 106 valence electrons. The fourth-order valence-electron chi connectivity index (χ4n) is 1.55. The number of benzene rings is 1. The van der Waals surface area contributed by atoms with Crippen LogP contribution in [0.2, 0.25) is 0 Å². The highest BCUT2D eigenvalue weighted by molar-refractivity contribution is 5.76. The van der Waals surface area contributed by atoms with Crippen LogP contribution < -0.4 is 10.2 Å². The predicted octanol–water partition coefficient (Wildman–Crippen LogP) is 1.65. The number of hydroxylamine groups is 1. The molecule has 6 heteroatoms. The van der Waals surface area contributed by atoms with Crippen LogP contribution in [0.1, 0.15) is 11.5 Å². The Kier molecular flexibility index (Phi) is 5.14. The molecule has 0 aliphatic rings. The van der Waals surface area contributed by atoms with Crippen molar-refractivity contribution < 1.29 is 18.9 Å². The van der Waals surface area contributed by atoms with E-state index in [0.29, 0.717) is 18.1 Å². The van der Waals surface area contributed by atoms with Gasteiger partial charge in [-0.05, 0) is 19.1 Å². The van der Waals surface area contributed by atoms with Gasteiger partial charge in [0.05, 0.1) is 12.1 Å². The third-order valence-electron chi connectivity index (χ3n) is 2.40. The van der Waals surface area contributed by atoms with Gasteiger partial charge in [0.15, 0.2) is 0 Å². The second kappa shape index (κ2) is 7.30. The van der Waals surface area contributed by atoms with E-state index < -0.39 is 0 Å². The van der Waals surface area contributed by atoms with Gasteiger partial charge in [0.25, 0.3) is 0 Å². The number of carbonyl (C=O) groups is 1. The van der Waals surface area contributed by atoms with E-state index in [-0.39, 0.29) is 18.9 Å². The summed E-state index contributed by atoms with van der Waals surface area (Å²) in [6.45, 7) is 2.39. The van der Waals surface area contributed by atoms with Gasteiger partial charge in [-0.3, -0.25) is 9.63 Å². The van der Waals surface area contributed by atoms with Crippen molar-refractivity contribution in [3.63, 3.8) is 0 Å². The molecule has 0 aliphatic heterocycles. The summed E-state index contributed by atoms with van der Waals surface area (Å²) in [4.78, 5) is 16.5. The molecule has 20 heavy (non-hydrogen) atoms. The molecule has 0 saturated heterocycles. The van der Waals surface area contributed by atoms with E-state index in [2.05, 4.69) is 10.6 Å². The molecule has 6 nitrogen and oxygen atoms in total. The van der Waals surface area contributed by atoms with Crippen LogP contribution in [0.5, 0.6) is 5.75 Å². The minimum absolute atomic E-state index is 0.122. The SMILES string of the molecule is Cc1cc(CC(=O)NOCCOc2ccccc2)no1. The molecular weight excluding hydrogens is 260 g/mol. The molecule has 0 atom stereocenters. The molecule has 0 spiro atoms.